The number of nitrogens with two attached hydrogens (primary N) is 1. The van der Waals surface area contributed by atoms with E-state index >= 15 is 0 Å². The molecule has 1 saturated carbocycles. The quantitative estimate of drug-likeness (QED) is 0.363. The molecular formula is C13H18BrN3O2. The Kier molecular flexibility index (Phi) is 4.66. The van der Waals surface area contributed by atoms with Gasteiger partial charge in [0.05, 0.1) is 12.2 Å². The Labute approximate surface area is 121 Å². The summed E-state index contributed by atoms with van der Waals surface area (Å²) in [5.41, 5.74) is 7.50. The lowest BCUT2D eigenvalue weighted by Gasteiger charge is -2.27. The number of ether oxygens (including phenoxy) is 1. The zero-order valence-electron chi connectivity index (χ0n) is 10.8. The molecule has 5 nitrogen and oxygen atoms in total. The second-order valence-corrected chi connectivity index (χ2v) is 5.39. The van der Waals surface area contributed by atoms with E-state index in [0.29, 0.717) is 12.6 Å². The fourth-order valence-electron chi connectivity index (χ4n) is 2.13. The molecule has 1 aromatic carbocycles. The standard InChI is InChI=1S/C13H18BrN3O2/c1-19-8-7-17(9-5-6-9)11-4-2-3-10(14)12(11)13(15)16-18/h2-4,9,18H,5-8H2,1H3,(H2,15,16). The lowest BCUT2D eigenvalue weighted by molar-refractivity contribution is 0.205. The molecule has 1 aliphatic rings. The number of nitrogens with zero attached hydrogens (tertiary/aromatic N) is 2. The van der Waals surface area contributed by atoms with E-state index in [0.717, 1.165) is 22.3 Å². The predicted molar refractivity (Wildman–Crippen MR) is 78.9 cm³/mol. The van der Waals surface area contributed by atoms with E-state index in [1.165, 1.54) is 12.8 Å². The first-order chi connectivity index (χ1) is 9.19. The summed E-state index contributed by atoms with van der Waals surface area (Å²) in [6, 6.07) is 6.36. The monoisotopic (exact) mass is 327 g/mol. The van der Waals surface area contributed by atoms with Crippen molar-refractivity contribution >= 4 is 27.5 Å². The summed E-state index contributed by atoms with van der Waals surface area (Å²) in [5.74, 6) is 0.116. The smallest absolute Gasteiger partial charge is 0.173 e. The molecule has 0 aromatic heterocycles. The third kappa shape index (κ3) is 3.19. The number of anilines is 1. The van der Waals surface area contributed by atoms with Gasteiger partial charge in [0, 0.05) is 29.9 Å². The van der Waals surface area contributed by atoms with Gasteiger partial charge in [0.1, 0.15) is 0 Å². The van der Waals surface area contributed by atoms with E-state index in [1.54, 1.807) is 7.11 Å². The highest BCUT2D eigenvalue weighted by Crippen LogP contribution is 2.35. The summed E-state index contributed by atoms with van der Waals surface area (Å²) >= 11 is 3.46. The number of benzene rings is 1. The van der Waals surface area contributed by atoms with Crippen molar-refractivity contribution in [1.82, 2.24) is 0 Å². The van der Waals surface area contributed by atoms with Crippen LogP contribution < -0.4 is 10.6 Å². The Balaban J connectivity index is 2.38. The molecule has 1 fully saturated rings. The Morgan fingerprint density at radius 3 is 2.89 bits per heavy atom. The Hall–Kier alpha value is -1.27. The predicted octanol–water partition coefficient (Wildman–Crippen LogP) is 2.16. The van der Waals surface area contributed by atoms with E-state index in [9.17, 15) is 0 Å². The zero-order chi connectivity index (χ0) is 13.8. The van der Waals surface area contributed by atoms with Crippen molar-refractivity contribution in [2.24, 2.45) is 10.9 Å². The van der Waals surface area contributed by atoms with Crippen LogP contribution in [0.1, 0.15) is 18.4 Å². The van der Waals surface area contributed by atoms with Crippen LogP contribution in [0.2, 0.25) is 0 Å². The van der Waals surface area contributed by atoms with Crippen molar-refractivity contribution in [3.8, 4) is 0 Å². The first kappa shape index (κ1) is 14.1. The number of halogens is 1. The Morgan fingerprint density at radius 2 is 2.32 bits per heavy atom. The van der Waals surface area contributed by atoms with Gasteiger partial charge in [0.25, 0.3) is 0 Å². The fourth-order valence-corrected chi connectivity index (χ4v) is 2.69. The normalized spacial score (nSPS) is 15.6. The third-order valence-corrected chi connectivity index (χ3v) is 3.85. The Bertz CT molecular complexity index is 475. The van der Waals surface area contributed by atoms with Crippen LogP contribution in [0.5, 0.6) is 0 Å². The van der Waals surface area contributed by atoms with Crippen molar-refractivity contribution in [1.29, 1.82) is 0 Å². The summed E-state index contributed by atoms with van der Waals surface area (Å²) in [6.07, 6.45) is 2.34. The first-order valence-corrected chi connectivity index (χ1v) is 7.00. The number of hydrogen-bond donors (Lipinski definition) is 2. The molecule has 0 amide bonds. The van der Waals surface area contributed by atoms with Gasteiger partial charge >= 0.3 is 0 Å². The average molecular weight is 328 g/mol. The van der Waals surface area contributed by atoms with Crippen LogP contribution in [0.15, 0.2) is 27.8 Å². The highest BCUT2D eigenvalue weighted by atomic mass is 79.9. The SMILES string of the molecule is COCCN(c1cccc(Br)c1/C(N)=N/O)C1CC1. The maximum absolute atomic E-state index is 8.95. The molecule has 1 aliphatic carbocycles. The molecule has 0 heterocycles. The number of amidine groups is 1. The number of rotatable bonds is 6. The fraction of sp³-hybridized carbons (Fsp3) is 0.462. The maximum atomic E-state index is 8.95. The third-order valence-electron chi connectivity index (χ3n) is 3.19. The summed E-state index contributed by atoms with van der Waals surface area (Å²) in [5, 5.41) is 12.1. The van der Waals surface area contributed by atoms with E-state index in [-0.39, 0.29) is 5.84 Å². The summed E-state index contributed by atoms with van der Waals surface area (Å²) < 4.78 is 5.99. The maximum Gasteiger partial charge on any atom is 0.173 e. The molecular weight excluding hydrogens is 310 g/mol. The summed E-state index contributed by atoms with van der Waals surface area (Å²) in [6.45, 7) is 1.45. The second-order valence-electron chi connectivity index (χ2n) is 4.54. The van der Waals surface area contributed by atoms with Gasteiger partial charge in [-0.3, -0.25) is 0 Å². The lowest BCUT2D eigenvalue weighted by atomic mass is 10.1. The average Bonchev–Trinajstić information content (AvgIpc) is 3.23. The van der Waals surface area contributed by atoms with E-state index < -0.39 is 0 Å². The van der Waals surface area contributed by atoms with Gasteiger partial charge < -0.3 is 20.6 Å². The van der Waals surface area contributed by atoms with Crippen LogP contribution >= 0.6 is 15.9 Å². The lowest BCUT2D eigenvalue weighted by Crippen LogP contribution is -2.32. The van der Waals surface area contributed by atoms with Gasteiger partial charge in [-0.15, -0.1) is 0 Å². The molecule has 19 heavy (non-hydrogen) atoms. The molecule has 0 atom stereocenters. The van der Waals surface area contributed by atoms with Gasteiger partial charge in [-0.1, -0.05) is 11.2 Å². The van der Waals surface area contributed by atoms with Crippen LogP contribution in [0.25, 0.3) is 0 Å². The molecule has 0 bridgehead atoms. The Morgan fingerprint density at radius 1 is 1.58 bits per heavy atom. The van der Waals surface area contributed by atoms with Crippen molar-refractivity contribution < 1.29 is 9.94 Å². The molecule has 104 valence electrons. The van der Waals surface area contributed by atoms with Gasteiger partial charge in [-0.2, -0.15) is 0 Å². The molecule has 0 spiro atoms. The van der Waals surface area contributed by atoms with Crippen LogP contribution in [0, 0.1) is 0 Å². The van der Waals surface area contributed by atoms with Gasteiger partial charge in [0.15, 0.2) is 5.84 Å². The van der Waals surface area contributed by atoms with E-state index in [1.807, 2.05) is 18.2 Å². The van der Waals surface area contributed by atoms with Crippen LogP contribution in [-0.4, -0.2) is 37.3 Å². The van der Waals surface area contributed by atoms with Gasteiger partial charge in [-0.05, 0) is 40.9 Å². The zero-order valence-corrected chi connectivity index (χ0v) is 12.4. The molecule has 1 aromatic rings. The van der Waals surface area contributed by atoms with Gasteiger partial charge in [-0.25, -0.2) is 0 Å². The molecule has 0 saturated heterocycles. The number of methoxy groups -OCH3 is 1. The topological polar surface area (TPSA) is 71.1 Å². The van der Waals surface area contributed by atoms with E-state index in [4.69, 9.17) is 15.7 Å². The number of hydrogen-bond acceptors (Lipinski definition) is 4. The minimum Gasteiger partial charge on any atom is -0.409 e. The molecule has 2 rings (SSSR count). The molecule has 0 radical (unpaired) electrons. The summed E-state index contributed by atoms with van der Waals surface area (Å²) in [7, 11) is 1.69. The molecule has 0 unspecified atom stereocenters. The largest absolute Gasteiger partial charge is 0.409 e. The summed E-state index contributed by atoms with van der Waals surface area (Å²) in [4.78, 5) is 2.27. The molecule has 3 N–H and O–H groups in total. The van der Waals surface area contributed by atoms with Crippen molar-refractivity contribution in [2.45, 2.75) is 18.9 Å². The van der Waals surface area contributed by atoms with Crippen LogP contribution in [0.3, 0.4) is 0 Å². The molecule has 0 aliphatic heterocycles. The minimum absolute atomic E-state index is 0.116. The van der Waals surface area contributed by atoms with Crippen molar-refractivity contribution in [3.05, 3.63) is 28.2 Å². The van der Waals surface area contributed by atoms with E-state index in [2.05, 4.69) is 26.0 Å². The first-order valence-electron chi connectivity index (χ1n) is 6.21. The van der Waals surface area contributed by atoms with Crippen molar-refractivity contribution in [2.75, 3.05) is 25.2 Å². The highest BCUT2D eigenvalue weighted by Gasteiger charge is 2.31. The van der Waals surface area contributed by atoms with Crippen molar-refractivity contribution in [3.63, 3.8) is 0 Å². The number of oxime groups is 1. The van der Waals surface area contributed by atoms with Crippen LogP contribution in [-0.2, 0) is 4.74 Å². The van der Waals surface area contributed by atoms with Crippen LogP contribution in [0.4, 0.5) is 5.69 Å². The molecule has 6 heteroatoms. The van der Waals surface area contributed by atoms with Gasteiger partial charge in [0.2, 0.25) is 0 Å². The highest BCUT2D eigenvalue weighted by molar-refractivity contribution is 9.10. The second kappa shape index (κ2) is 6.25. The minimum atomic E-state index is 0.116.